The lowest BCUT2D eigenvalue weighted by Crippen LogP contribution is -1.83. The molecule has 0 fully saturated rings. The van der Waals surface area contributed by atoms with Gasteiger partial charge in [0.05, 0.1) is 0 Å². The van der Waals surface area contributed by atoms with Crippen LogP contribution in [-0.2, 0) is 10.7 Å². The summed E-state index contributed by atoms with van der Waals surface area (Å²) in [6.07, 6.45) is 1.91. The van der Waals surface area contributed by atoms with Gasteiger partial charge >= 0.3 is 0 Å². The monoisotopic (exact) mass is 153 g/mol. The number of hydrogen-bond donors (Lipinski definition) is 1. The summed E-state index contributed by atoms with van der Waals surface area (Å²) in [5.74, 6) is 0. The lowest BCUT2D eigenvalue weighted by atomic mass is 10.2. The van der Waals surface area contributed by atoms with Gasteiger partial charge in [0.25, 0.3) is 0 Å². The maximum atomic E-state index is 7.42. The van der Waals surface area contributed by atoms with Crippen LogP contribution in [0.25, 0.3) is 0 Å². The Balaban J connectivity index is 3.00. The molecule has 0 heterocycles. The molecule has 54 valence electrons. The maximum absolute atomic E-state index is 7.42. The predicted octanol–water partition coefficient (Wildman–Crippen LogP) is 2.36. The van der Waals surface area contributed by atoms with Gasteiger partial charge in [0.15, 0.2) is 0 Å². The summed E-state index contributed by atoms with van der Waals surface area (Å²) < 4.78 is 7.42. The molecule has 1 rings (SSSR count). The van der Waals surface area contributed by atoms with Gasteiger partial charge in [0, 0.05) is 4.90 Å². The average molecular weight is 153 g/mol. The Hall–Kier alpha value is -0.630. The van der Waals surface area contributed by atoms with Gasteiger partial charge in [0.1, 0.15) is 0 Å². The first kappa shape index (κ1) is 7.48. The van der Waals surface area contributed by atoms with Gasteiger partial charge in [-0.05, 0) is 25.3 Å². The van der Waals surface area contributed by atoms with Crippen molar-refractivity contribution in [2.75, 3.05) is 6.26 Å². The fourth-order valence-corrected chi connectivity index (χ4v) is 1.29. The summed E-state index contributed by atoms with van der Waals surface area (Å²) in [4.78, 5) is 1.12. The molecule has 0 bridgehead atoms. The predicted molar refractivity (Wildman–Crippen MR) is 45.5 cm³/mol. The summed E-state index contributed by atoms with van der Waals surface area (Å²) in [6, 6.07) is 8.14. The molecule has 1 atom stereocenters. The second kappa shape index (κ2) is 2.97. The van der Waals surface area contributed by atoms with E-state index in [1.807, 2.05) is 30.5 Å². The van der Waals surface area contributed by atoms with Gasteiger partial charge < -0.3 is 0 Å². The smallest absolute Gasteiger partial charge is 0.0179 e. The molecule has 1 aromatic carbocycles. The molecule has 0 aromatic heterocycles. The molecular weight excluding hydrogens is 142 g/mol. The Morgan fingerprint density at radius 1 is 1.20 bits per heavy atom. The van der Waals surface area contributed by atoms with Crippen molar-refractivity contribution in [2.45, 2.75) is 11.8 Å². The average Bonchev–Trinajstić information content (AvgIpc) is 1.88. The molecule has 0 aliphatic rings. The van der Waals surface area contributed by atoms with Crippen LogP contribution in [0.4, 0.5) is 0 Å². The second-order valence-electron chi connectivity index (χ2n) is 2.32. The first-order chi connectivity index (χ1) is 4.70. The normalized spacial score (nSPS) is 13.0. The molecule has 0 radical (unpaired) electrons. The van der Waals surface area contributed by atoms with Crippen LogP contribution in [-0.4, -0.2) is 6.26 Å². The summed E-state index contributed by atoms with van der Waals surface area (Å²) >= 11 is 0. The van der Waals surface area contributed by atoms with E-state index in [0.29, 0.717) is 0 Å². The van der Waals surface area contributed by atoms with Crippen LogP contribution in [0.3, 0.4) is 0 Å². The number of benzene rings is 1. The van der Waals surface area contributed by atoms with E-state index in [9.17, 15) is 0 Å². The third-order valence-corrected chi connectivity index (χ3v) is 2.35. The minimum Gasteiger partial charge on any atom is -0.276 e. The van der Waals surface area contributed by atoms with Crippen molar-refractivity contribution in [3.63, 3.8) is 0 Å². The molecule has 0 unspecified atom stereocenters. The standard InChI is InChI=1S/C8H11NS/c1-7-3-5-8(6-4-7)10(2)9/h3-6,9H,1-2H3/t10-/m0/s1. The van der Waals surface area contributed by atoms with Crippen molar-refractivity contribution >= 4 is 10.7 Å². The van der Waals surface area contributed by atoms with Gasteiger partial charge in [-0.3, -0.25) is 4.78 Å². The number of nitrogens with one attached hydrogen (secondary N) is 1. The highest BCUT2D eigenvalue weighted by Gasteiger charge is 1.90. The zero-order chi connectivity index (χ0) is 7.56. The van der Waals surface area contributed by atoms with Crippen LogP contribution in [0.2, 0.25) is 0 Å². The Morgan fingerprint density at radius 2 is 1.70 bits per heavy atom. The minimum atomic E-state index is -0.337. The van der Waals surface area contributed by atoms with Crippen molar-refractivity contribution in [1.29, 1.82) is 4.78 Å². The Labute approximate surface area is 64.0 Å². The molecule has 0 aliphatic carbocycles. The van der Waals surface area contributed by atoms with Crippen molar-refractivity contribution in [3.8, 4) is 0 Å². The maximum Gasteiger partial charge on any atom is 0.0179 e. The third-order valence-electron chi connectivity index (χ3n) is 1.37. The van der Waals surface area contributed by atoms with E-state index in [4.69, 9.17) is 4.78 Å². The molecular formula is C8H11NS. The Morgan fingerprint density at radius 3 is 2.10 bits per heavy atom. The Bertz CT molecular complexity index is 238. The van der Waals surface area contributed by atoms with Crippen LogP contribution in [0.5, 0.6) is 0 Å². The molecule has 1 nitrogen and oxygen atoms in total. The van der Waals surface area contributed by atoms with Crippen LogP contribution < -0.4 is 0 Å². The first-order valence-electron chi connectivity index (χ1n) is 3.14. The van der Waals surface area contributed by atoms with Crippen LogP contribution in [0.15, 0.2) is 29.2 Å². The fourth-order valence-electron chi connectivity index (χ4n) is 0.742. The number of aryl methyl sites for hydroxylation is 1. The van der Waals surface area contributed by atoms with Crippen molar-refractivity contribution in [1.82, 2.24) is 0 Å². The molecule has 0 saturated heterocycles. The van der Waals surface area contributed by atoms with E-state index in [2.05, 4.69) is 6.92 Å². The lowest BCUT2D eigenvalue weighted by Gasteiger charge is -1.97. The van der Waals surface area contributed by atoms with Crippen molar-refractivity contribution in [3.05, 3.63) is 29.8 Å². The summed E-state index contributed by atoms with van der Waals surface area (Å²) in [6.45, 7) is 2.06. The second-order valence-corrected chi connectivity index (χ2v) is 3.82. The topological polar surface area (TPSA) is 23.9 Å². The van der Waals surface area contributed by atoms with E-state index in [1.54, 1.807) is 0 Å². The highest BCUT2D eigenvalue weighted by atomic mass is 32.2. The molecule has 1 N–H and O–H groups in total. The van der Waals surface area contributed by atoms with Crippen molar-refractivity contribution in [2.24, 2.45) is 0 Å². The molecule has 10 heavy (non-hydrogen) atoms. The molecule has 1 aromatic rings. The Kier molecular flexibility index (Phi) is 2.22. The SMILES string of the molecule is Cc1ccc([S@](C)=N)cc1. The fraction of sp³-hybridized carbons (Fsp3) is 0.250. The lowest BCUT2D eigenvalue weighted by molar-refractivity contribution is 1.36. The van der Waals surface area contributed by atoms with Gasteiger partial charge in [-0.25, -0.2) is 0 Å². The van der Waals surface area contributed by atoms with Crippen molar-refractivity contribution < 1.29 is 0 Å². The quantitative estimate of drug-likeness (QED) is 0.640. The summed E-state index contributed by atoms with van der Waals surface area (Å²) in [5, 5.41) is 0. The highest BCUT2D eigenvalue weighted by Crippen LogP contribution is 2.06. The van der Waals surface area contributed by atoms with E-state index in [1.165, 1.54) is 5.56 Å². The number of rotatable bonds is 1. The zero-order valence-corrected chi connectivity index (χ0v) is 7.03. The summed E-state index contributed by atoms with van der Waals surface area (Å²) in [5.41, 5.74) is 1.26. The van der Waals surface area contributed by atoms with E-state index in [-0.39, 0.29) is 10.7 Å². The largest absolute Gasteiger partial charge is 0.276 e. The van der Waals surface area contributed by atoms with Crippen LogP contribution in [0, 0.1) is 11.7 Å². The molecule has 0 amide bonds. The van der Waals surface area contributed by atoms with Crippen LogP contribution >= 0.6 is 0 Å². The van der Waals surface area contributed by atoms with E-state index >= 15 is 0 Å². The number of hydrogen-bond acceptors (Lipinski definition) is 1. The minimum absolute atomic E-state index is 0.337. The van der Waals surface area contributed by atoms with Gasteiger partial charge in [-0.1, -0.05) is 28.4 Å². The molecule has 0 spiro atoms. The van der Waals surface area contributed by atoms with Gasteiger partial charge in [-0.2, -0.15) is 0 Å². The molecule has 2 heteroatoms. The highest BCUT2D eigenvalue weighted by molar-refractivity contribution is 7.85. The third kappa shape index (κ3) is 1.67. The summed E-state index contributed by atoms with van der Waals surface area (Å²) in [7, 11) is -0.337. The zero-order valence-electron chi connectivity index (χ0n) is 6.22. The van der Waals surface area contributed by atoms with E-state index < -0.39 is 0 Å². The molecule has 0 aliphatic heterocycles. The van der Waals surface area contributed by atoms with Gasteiger partial charge in [-0.15, -0.1) is 0 Å². The van der Waals surface area contributed by atoms with Gasteiger partial charge in [0.2, 0.25) is 0 Å². The molecule has 0 saturated carbocycles. The first-order valence-corrected chi connectivity index (χ1v) is 4.77. The van der Waals surface area contributed by atoms with E-state index in [0.717, 1.165) is 4.90 Å². The van der Waals surface area contributed by atoms with Crippen LogP contribution in [0.1, 0.15) is 5.56 Å².